The van der Waals surface area contributed by atoms with Gasteiger partial charge in [-0.1, -0.05) is 51.4 Å². The van der Waals surface area contributed by atoms with Crippen LogP contribution in [0.25, 0.3) is 0 Å². The first-order chi connectivity index (χ1) is 11.6. The SMILES string of the molecule is OC1CCCC1.OC1CCCC1.OC1CCCC1.OC1CCCC1.[Ta]. The molecule has 0 heterocycles. The van der Waals surface area contributed by atoms with Crippen LogP contribution in [0.1, 0.15) is 103 Å². The molecule has 0 atom stereocenters. The Bertz CT molecular complexity index is 211. The molecule has 1 radical (unpaired) electrons. The molecule has 4 aliphatic carbocycles. The molecule has 4 rings (SSSR count). The molecule has 4 fully saturated rings. The Labute approximate surface area is 169 Å². The zero-order valence-corrected chi connectivity index (χ0v) is 19.1. The molecule has 0 aromatic rings. The van der Waals surface area contributed by atoms with Crippen LogP contribution in [0.5, 0.6) is 0 Å². The van der Waals surface area contributed by atoms with Crippen LogP contribution in [0.3, 0.4) is 0 Å². The van der Waals surface area contributed by atoms with Gasteiger partial charge in [-0.15, -0.1) is 0 Å². The van der Waals surface area contributed by atoms with Crippen LogP contribution >= 0.6 is 0 Å². The van der Waals surface area contributed by atoms with E-state index in [0.29, 0.717) is 0 Å². The minimum absolute atomic E-state index is 0. The first-order valence-corrected chi connectivity index (χ1v) is 10.3. The minimum Gasteiger partial charge on any atom is -0.393 e. The molecule has 4 aliphatic rings. The molecule has 0 amide bonds. The Kier molecular flexibility index (Phi) is 17.1. The maximum atomic E-state index is 8.73. The first kappa shape index (κ1) is 25.6. The number of aliphatic hydroxyl groups excluding tert-OH is 4. The molecule has 25 heavy (non-hydrogen) atoms. The summed E-state index contributed by atoms with van der Waals surface area (Å²) in [6.07, 6.45) is 18.4. The van der Waals surface area contributed by atoms with Gasteiger partial charge in [0.05, 0.1) is 24.4 Å². The van der Waals surface area contributed by atoms with Crippen molar-refractivity contribution in [1.82, 2.24) is 0 Å². The van der Waals surface area contributed by atoms with E-state index in [0.717, 1.165) is 51.4 Å². The molecule has 0 aliphatic heterocycles. The van der Waals surface area contributed by atoms with Crippen molar-refractivity contribution in [3.8, 4) is 0 Å². The number of hydrogen-bond donors (Lipinski definition) is 4. The summed E-state index contributed by atoms with van der Waals surface area (Å²) >= 11 is 0. The molecule has 149 valence electrons. The van der Waals surface area contributed by atoms with Gasteiger partial charge in [-0.3, -0.25) is 0 Å². The third-order valence-electron chi connectivity index (χ3n) is 5.30. The fraction of sp³-hybridized carbons (Fsp3) is 1.00. The van der Waals surface area contributed by atoms with Crippen molar-refractivity contribution in [2.75, 3.05) is 0 Å². The van der Waals surface area contributed by atoms with Gasteiger partial charge in [0.1, 0.15) is 0 Å². The number of rotatable bonds is 0. The first-order valence-electron chi connectivity index (χ1n) is 10.3. The third-order valence-corrected chi connectivity index (χ3v) is 5.30. The summed E-state index contributed by atoms with van der Waals surface area (Å²) in [5.41, 5.74) is 0. The molecule has 5 heteroatoms. The van der Waals surface area contributed by atoms with Crippen molar-refractivity contribution in [3.05, 3.63) is 0 Å². The van der Waals surface area contributed by atoms with E-state index in [1.807, 2.05) is 0 Å². The standard InChI is InChI=1S/4C5H10O.Ta/c4*6-5-3-1-2-4-5;/h4*5-6H,1-4H2;. The predicted molar refractivity (Wildman–Crippen MR) is 97.9 cm³/mol. The third kappa shape index (κ3) is 15.3. The predicted octanol–water partition coefficient (Wildman–Crippen LogP) is 3.68. The number of aliphatic hydroxyl groups is 4. The Morgan fingerprint density at radius 3 is 0.480 bits per heavy atom. The fourth-order valence-electron chi connectivity index (χ4n) is 3.62. The Morgan fingerprint density at radius 1 is 0.320 bits per heavy atom. The van der Waals surface area contributed by atoms with E-state index in [4.69, 9.17) is 20.4 Å². The van der Waals surface area contributed by atoms with Crippen LogP contribution in [-0.2, 0) is 22.4 Å². The van der Waals surface area contributed by atoms with Gasteiger partial charge in [0.15, 0.2) is 0 Å². The van der Waals surface area contributed by atoms with Crippen molar-refractivity contribution in [3.63, 3.8) is 0 Å². The normalized spacial score (nSPS) is 24.5. The van der Waals surface area contributed by atoms with Gasteiger partial charge in [0, 0.05) is 22.4 Å². The smallest absolute Gasteiger partial charge is 0.0540 e. The van der Waals surface area contributed by atoms with Gasteiger partial charge in [-0.25, -0.2) is 0 Å². The van der Waals surface area contributed by atoms with Crippen LogP contribution in [0.2, 0.25) is 0 Å². The second-order valence-corrected chi connectivity index (χ2v) is 7.75. The Morgan fingerprint density at radius 2 is 0.440 bits per heavy atom. The van der Waals surface area contributed by atoms with Gasteiger partial charge in [-0.05, 0) is 51.4 Å². The monoisotopic (exact) mass is 525 g/mol. The molecule has 0 saturated heterocycles. The summed E-state index contributed by atoms with van der Waals surface area (Å²) in [5, 5.41) is 34.9. The molecule has 0 unspecified atom stereocenters. The van der Waals surface area contributed by atoms with Crippen molar-refractivity contribution >= 4 is 0 Å². The molecule has 0 aromatic heterocycles. The number of hydrogen-bond acceptors (Lipinski definition) is 4. The average Bonchev–Trinajstić information content (AvgIpc) is 3.31. The molecule has 0 bridgehead atoms. The summed E-state index contributed by atoms with van der Waals surface area (Å²) < 4.78 is 0. The van der Waals surface area contributed by atoms with Crippen LogP contribution in [-0.4, -0.2) is 44.8 Å². The second-order valence-electron chi connectivity index (χ2n) is 7.75. The quantitative estimate of drug-likeness (QED) is 0.389. The summed E-state index contributed by atoms with van der Waals surface area (Å²) in [4.78, 5) is 0. The van der Waals surface area contributed by atoms with E-state index in [2.05, 4.69) is 0 Å². The van der Waals surface area contributed by atoms with Gasteiger partial charge in [0.2, 0.25) is 0 Å². The largest absolute Gasteiger partial charge is 0.393 e. The van der Waals surface area contributed by atoms with E-state index in [1.54, 1.807) is 0 Å². The van der Waals surface area contributed by atoms with E-state index in [1.165, 1.54) is 51.4 Å². The Hall–Kier alpha value is 0.580. The van der Waals surface area contributed by atoms with Crippen molar-refractivity contribution in [2.24, 2.45) is 0 Å². The molecule has 0 aromatic carbocycles. The molecule has 0 spiro atoms. The summed E-state index contributed by atoms with van der Waals surface area (Å²) in [7, 11) is 0. The van der Waals surface area contributed by atoms with E-state index >= 15 is 0 Å². The summed E-state index contributed by atoms with van der Waals surface area (Å²) in [5.74, 6) is 0. The van der Waals surface area contributed by atoms with Gasteiger partial charge in [-0.2, -0.15) is 0 Å². The van der Waals surface area contributed by atoms with Crippen molar-refractivity contribution in [1.29, 1.82) is 0 Å². The molecular formula is C20H40O4Ta. The van der Waals surface area contributed by atoms with E-state index in [-0.39, 0.29) is 46.8 Å². The van der Waals surface area contributed by atoms with Crippen LogP contribution < -0.4 is 0 Å². The summed E-state index contributed by atoms with van der Waals surface area (Å²) in [6, 6.07) is 0. The fourth-order valence-corrected chi connectivity index (χ4v) is 3.62. The molecule has 4 nitrogen and oxygen atoms in total. The summed E-state index contributed by atoms with van der Waals surface area (Å²) in [6.45, 7) is 0. The van der Waals surface area contributed by atoms with Crippen molar-refractivity contribution < 1.29 is 42.8 Å². The van der Waals surface area contributed by atoms with E-state index in [9.17, 15) is 0 Å². The molecule has 4 N–H and O–H groups in total. The van der Waals surface area contributed by atoms with Crippen LogP contribution in [0.15, 0.2) is 0 Å². The minimum atomic E-state index is 0. The zero-order valence-electron chi connectivity index (χ0n) is 15.9. The van der Waals surface area contributed by atoms with Gasteiger partial charge < -0.3 is 20.4 Å². The molecule has 4 saturated carbocycles. The average molecular weight is 525 g/mol. The van der Waals surface area contributed by atoms with Crippen LogP contribution in [0, 0.1) is 0 Å². The maximum Gasteiger partial charge on any atom is 0.0540 e. The van der Waals surface area contributed by atoms with E-state index < -0.39 is 0 Å². The van der Waals surface area contributed by atoms with Gasteiger partial charge >= 0.3 is 0 Å². The van der Waals surface area contributed by atoms with Crippen LogP contribution in [0.4, 0.5) is 0 Å². The van der Waals surface area contributed by atoms with Crippen molar-refractivity contribution in [2.45, 2.75) is 127 Å². The van der Waals surface area contributed by atoms with Gasteiger partial charge in [0.25, 0.3) is 0 Å². The maximum absolute atomic E-state index is 8.73. The Balaban J connectivity index is 0.000000303. The second kappa shape index (κ2) is 16.7. The topological polar surface area (TPSA) is 80.9 Å². The molecular weight excluding hydrogens is 485 g/mol. The zero-order chi connectivity index (χ0) is 17.6.